The summed E-state index contributed by atoms with van der Waals surface area (Å²) in [7, 11) is 0. The molecule has 0 spiro atoms. The van der Waals surface area contributed by atoms with Gasteiger partial charge in [-0.3, -0.25) is 4.79 Å². The van der Waals surface area contributed by atoms with Crippen molar-refractivity contribution in [2.24, 2.45) is 5.92 Å². The summed E-state index contributed by atoms with van der Waals surface area (Å²) in [5, 5.41) is 3.68. The van der Waals surface area contributed by atoms with Crippen molar-refractivity contribution in [3.05, 3.63) is 64.8 Å². The number of aromatic nitrogens is 1. The summed E-state index contributed by atoms with van der Waals surface area (Å²) >= 11 is 6.08. The fourth-order valence-electron chi connectivity index (χ4n) is 3.42. The molecule has 0 fully saturated rings. The smallest absolute Gasteiger partial charge is 0.253 e. The summed E-state index contributed by atoms with van der Waals surface area (Å²) < 4.78 is 13.0. The van der Waals surface area contributed by atoms with Gasteiger partial charge in [-0.15, -0.1) is 0 Å². The number of nitrogens with zero attached hydrogens (tertiary/aromatic N) is 1. The number of hydrogen-bond donors (Lipinski definition) is 1. The third kappa shape index (κ3) is 3.83. The van der Waals surface area contributed by atoms with Crippen LogP contribution >= 0.6 is 11.6 Å². The lowest BCUT2D eigenvalue weighted by molar-refractivity contribution is 0.0948. The van der Waals surface area contributed by atoms with E-state index in [9.17, 15) is 4.79 Å². The van der Waals surface area contributed by atoms with Crippen LogP contribution in [0.15, 0.2) is 48.5 Å². The maximum Gasteiger partial charge on any atom is 0.253 e. The van der Waals surface area contributed by atoms with E-state index in [0.717, 1.165) is 28.4 Å². The quantitative estimate of drug-likeness (QED) is 0.627. The van der Waals surface area contributed by atoms with Crippen molar-refractivity contribution in [2.75, 3.05) is 13.3 Å². The molecular weight excluding hydrogens is 388 g/mol. The van der Waals surface area contributed by atoms with Crippen molar-refractivity contribution in [1.82, 2.24) is 9.88 Å². The average molecular weight is 411 g/mol. The van der Waals surface area contributed by atoms with Gasteiger partial charge in [-0.05, 0) is 48.7 Å². The highest BCUT2D eigenvalue weighted by Gasteiger charge is 2.21. The fraction of sp³-hybridized carbons (Fsp3) is 0.261. The molecule has 3 aromatic rings. The van der Waals surface area contributed by atoms with E-state index in [4.69, 9.17) is 21.1 Å². The molecule has 4 rings (SSSR count). The predicted molar refractivity (Wildman–Crippen MR) is 114 cm³/mol. The Morgan fingerprint density at radius 1 is 1.10 bits per heavy atom. The van der Waals surface area contributed by atoms with Gasteiger partial charge in [0, 0.05) is 29.0 Å². The van der Waals surface area contributed by atoms with Gasteiger partial charge in [0.05, 0.1) is 11.3 Å². The van der Waals surface area contributed by atoms with E-state index in [0.29, 0.717) is 28.8 Å². The highest BCUT2D eigenvalue weighted by molar-refractivity contribution is 6.30. The van der Waals surface area contributed by atoms with Gasteiger partial charge >= 0.3 is 0 Å². The number of amides is 1. The monoisotopic (exact) mass is 410 g/mol. The lowest BCUT2D eigenvalue weighted by Crippen LogP contribution is -2.27. The molecule has 0 aliphatic carbocycles. The molecule has 0 bridgehead atoms. The van der Waals surface area contributed by atoms with Crippen LogP contribution < -0.4 is 14.8 Å². The van der Waals surface area contributed by atoms with Crippen LogP contribution in [0.1, 0.15) is 29.9 Å². The second-order valence-corrected chi connectivity index (χ2v) is 7.95. The number of hydrogen-bond acceptors (Lipinski definition) is 3. The number of carbonyl (C=O) groups is 1. The second kappa shape index (κ2) is 7.84. The standard InChI is InChI=1S/C23H23ClN2O3/c1-14(2)12-25-23(27)19-11-20(16-4-6-17(24)7-5-16)26(15(19)3)18-8-9-21-22(10-18)29-13-28-21/h4-11,14H,12-13H2,1-3H3,(H,25,27). The Labute approximate surface area is 175 Å². The topological polar surface area (TPSA) is 52.5 Å². The van der Waals surface area contributed by atoms with Crippen molar-refractivity contribution in [2.45, 2.75) is 20.8 Å². The van der Waals surface area contributed by atoms with Crippen LogP contribution in [0.5, 0.6) is 11.5 Å². The largest absolute Gasteiger partial charge is 0.454 e. The minimum absolute atomic E-state index is 0.0779. The summed E-state index contributed by atoms with van der Waals surface area (Å²) in [5.74, 6) is 1.72. The molecule has 6 heteroatoms. The molecule has 1 aliphatic heterocycles. The molecule has 0 radical (unpaired) electrons. The van der Waals surface area contributed by atoms with Gasteiger partial charge < -0.3 is 19.4 Å². The van der Waals surface area contributed by atoms with Crippen LogP contribution in [0.4, 0.5) is 0 Å². The Morgan fingerprint density at radius 2 is 1.83 bits per heavy atom. The first-order valence-corrected chi connectivity index (χ1v) is 9.98. The molecule has 0 atom stereocenters. The highest BCUT2D eigenvalue weighted by atomic mass is 35.5. The van der Waals surface area contributed by atoms with Gasteiger partial charge in [0.2, 0.25) is 6.79 Å². The van der Waals surface area contributed by atoms with Gasteiger partial charge in [-0.1, -0.05) is 37.6 Å². The third-order valence-electron chi connectivity index (χ3n) is 4.92. The Bertz CT molecular complexity index is 1050. The van der Waals surface area contributed by atoms with Crippen LogP contribution in [0, 0.1) is 12.8 Å². The van der Waals surface area contributed by atoms with E-state index >= 15 is 0 Å². The minimum Gasteiger partial charge on any atom is -0.454 e. The van der Waals surface area contributed by atoms with Crippen LogP contribution in [0.25, 0.3) is 16.9 Å². The number of benzene rings is 2. The maximum atomic E-state index is 12.8. The van der Waals surface area contributed by atoms with Crippen LogP contribution in [-0.2, 0) is 0 Å². The summed E-state index contributed by atoms with van der Waals surface area (Å²) in [6.07, 6.45) is 0. The Hall–Kier alpha value is -2.92. The lowest BCUT2D eigenvalue weighted by atomic mass is 10.1. The van der Waals surface area contributed by atoms with E-state index in [1.54, 1.807) is 0 Å². The van der Waals surface area contributed by atoms with Gasteiger partial charge in [0.15, 0.2) is 11.5 Å². The molecule has 29 heavy (non-hydrogen) atoms. The SMILES string of the molecule is Cc1c(C(=O)NCC(C)C)cc(-c2ccc(Cl)cc2)n1-c1ccc2c(c1)OCO2. The molecule has 0 unspecified atom stereocenters. The lowest BCUT2D eigenvalue weighted by Gasteiger charge is -2.13. The summed E-state index contributed by atoms with van der Waals surface area (Å²) in [4.78, 5) is 12.8. The number of rotatable bonds is 5. The van der Waals surface area contributed by atoms with E-state index in [2.05, 4.69) is 23.7 Å². The molecule has 2 heterocycles. The Morgan fingerprint density at radius 3 is 2.55 bits per heavy atom. The van der Waals surface area contributed by atoms with E-state index in [-0.39, 0.29) is 12.7 Å². The maximum absolute atomic E-state index is 12.8. The summed E-state index contributed by atoms with van der Waals surface area (Å²) in [6.45, 7) is 6.95. The third-order valence-corrected chi connectivity index (χ3v) is 5.17. The summed E-state index contributed by atoms with van der Waals surface area (Å²) in [6, 6.07) is 15.3. The van der Waals surface area contributed by atoms with Crippen LogP contribution in [-0.4, -0.2) is 23.8 Å². The van der Waals surface area contributed by atoms with Crippen molar-refractivity contribution in [1.29, 1.82) is 0 Å². The van der Waals surface area contributed by atoms with E-state index in [1.807, 2.05) is 55.5 Å². The van der Waals surface area contributed by atoms with E-state index in [1.165, 1.54) is 0 Å². The average Bonchev–Trinajstić information content (AvgIpc) is 3.30. The molecule has 1 aliphatic rings. The Balaban J connectivity index is 1.83. The molecule has 1 aromatic heterocycles. The number of fused-ring (bicyclic) bond motifs is 1. The number of carbonyl (C=O) groups excluding carboxylic acids is 1. The zero-order valence-corrected chi connectivity index (χ0v) is 17.4. The van der Waals surface area contributed by atoms with Gasteiger partial charge in [-0.25, -0.2) is 0 Å². The molecule has 1 amide bonds. The summed E-state index contributed by atoms with van der Waals surface area (Å²) in [5.41, 5.74) is 4.29. The first-order valence-electron chi connectivity index (χ1n) is 9.60. The molecule has 150 valence electrons. The highest BCUT2D eigenvalue weighted by Crippen LogP contribution is 2.37. The zero-order valence-electron chi connectivity index (χ0n) is 16.7. The van der Waals surface area contributed by atoms with Crippen molar-refractivity contribution in [3.8, 4) is 28.4 Å². The first kappa shape index (κ1) is 19.4. The molecular formula is C23H23ClN2O3. The van der Waals surface area contributed by atoms with Crippen molar-refractivity contribution < 1.29 is 14.3 Å². The first-order chi connectivity index (χ1) is 13.9. The van der Waals surface area contributed by atoms with Crippen molar-refractivity contribution in [3.63, 3.8) is 0 Å². The van der Waals surface area contributed by atoms with Crippen LogP contribution in [0.3, 0.4) is 0 Å². The number of halogens is 1. The van der Waals surface area contributed by atoms with Gasteiger partial charge in [0.25, 0.3) is 5.91 Å². The normalized spacial score (nSPS) is 12.4. The predicted octanol–water partition coefficient (Wildman–Crippen LogP) is 5.22. The Kier molecular flexibility index (Phi) is 5.24. The number of ether oxygens (including phenoxy) is 2. The molecule has 0 saturated carbocycles. The minimum atomic E-state index is -0.0779. The van der Waals surface area contributed by atoms with Crippen molar-refractivity contribution >= 4 is 17.5 Å². The molecule has 5 nitrogen and oxygen atoms in total. The fourth-order valence-corrected chi connectivity index (χ4v) is 3.54. The molecule has 1 N–H and O–H groups in total. The number of nitrogens with one attached hydrogen (secondary N) is 1. The zero-order chi connectivity index (χ0) is 20.5. The molecule has 0 saturated heterocycles. The van der Waals surface area contributed by atoms with Gasteiger partial charge in [0.1, 0.15) is 0 Å². The molecule has 2 aromatic carbocycles. The van der Waals surface area contributed by atoms with Gasteiger partial charge in [-0.2, -0.15) is 0 Å². The van der Waals surface area contributed by atoms with E-state index < -0.39 is 0 Å². The second-order valence-electron chi connectivity index (χ2n) is 7.51. The van der Waals surface area contributed by atoms with Crippen LogP contribution in [0.2, 0.25) is 5.02 Å².